The minimum Gasteiger partial charge on any atom is -0.489 e. The Morgan fingerprint density at radius 1 is 1.13 bits per heavy atom. The standard InChI is InChI=1S/C24H27ClN2O4/c1-15-4-9-21(25)23(10-15)30-24-13-27(12-22(24)28)11-18-5-7-19(8-6-18)29-14-20-16(2)26-31-17(20)3/h4-10,22,24,28H,11-14H2,1-3H3/t22-,24-/m0/s1. The van der Waals surface area contributed by atoms with Crippen LogP contribution in [0.5, 0.6) is 11.5 Å². The number of ether oxygens (including phenoxy) is 2. The average Bonchev–Trinajstić information content (AvgIpc) is 3.25. The van der Waals surface area contributed by atoms with Gasteiger partial charge in [0.2, 0.25) is 0 Å². The highest BCUT2D eigenvalue weighted by molar-refractivity contribution is 6.32. The van der Waals surface area contributed by atoms with E-state index < -0.39 is 6.10 Å². The highest BCUT2D eigenvalue weighted by Crippen LogP contribution is 2.29. The molecule has 0 unspecified atom stereocenters. The van der Waals surface area contributed by atoms with Crippen molar-refractivity contribution in [1.29, 1.82) is 0 Å². The highest BCUT2D eigenvalue weighted by Gasteiger charge is 2.33. The van der Waals surface area contributed by atoms with E-state index in [1.54, 1.807) is 0 Å². The second-order valence-corrected chi connectivity index (χ2v) is 8.49. The van der Waals surface area contributed by atoms with E-state index in [4.69, 9.17) is 25.6 Å². The molecule has 2 atom stereocenters. The van der Waals surface area contributed by atoms with Crippen molar-refractivity contribution >= 4 is 11.6 Å². The van der Waals surface area contributed by atoms with Crippen LogP contribution < -0.4 is 9.47 Å². The van der Waals surface area contributed by atoms with Crippen LogP contribution in [0.15, 0.2) is 47.0 Å². The van der Waals surface area contributed by atoms with Crippen molar-refractivity contribution in [3.63, 3.8) is 0 Å². The Kier molecular flexibility index (Phi) is 6.51. The number of rotatable bonds is 7. The van der Waals surface area contributed by atoms with E-state index in [0.29, 0.717) is 30.5 Å². The minimum atomic E-state index is -0.561. The largest absolute Gasteiger partial charge is 0.489 e. The van der Waals surface area contributed by atoms with Crippen LogP contribution in [-0.4, -0.2) is 40.5 Å². The van der Waals surface area contributed by atoms with Gasteiger partial charge in [-0.15, -0.1) is 0 Å². The Morgan fingerprint density at radius 3 is 2.61 bits per heavy atom. The number of likely N-dealkylation sites (tertiary alicyclic amines) is 1. The Hall–Kier alpha value is -2.54. The zero-order valence-corrected chi connectivity index (χ0v) is 18.7. The van der Waals surface area contributed by atoms with Crippen LogP contribution >= 0.6 is 11.6 Å². The molecule has 0 spiro atoms. The van der Waals surface area contributed by atoms with Crippen LogP contribution in [0.25, 0.3) is 0 Å². The summed E-state index contributed by atoms with van der Waals surface area (Å²) in [7, 11) is 0. The number of aryl methyl sites for hydroxylation is 3. The number of halogens is 1. The van der Waals surface area contributed by atoms with E-state index in [2.05, 4.69) is 10.1 Å². The topological polar surface area (TPSA) is 68.0 Å². The molecule has 7 heteroatoms. The fraction of sp³-hybridized carbons (Fsp3) is 0.375. The molecule has 0 aliphatic carbocycles. The summed E-state index contributed by atoms with van der Waals surface area (Å²) in [4.78, 5) is 2.18. The molecule has 2 aromatic carbocycles. The van der Waals surface area contributed by atoms with Crippen molar-refractivity contribution in [2.24, 2.45) is 0 Å². The average molecular weight is 443 g/mol. The maximum absolute atomic E-state index is 10.5. The summed E-state index contributed by atoms with van der Waals surface area (Å²) in [5, 5.41) is 15.0. The Bertz CT molecular complexity index is 1020. The normalized spacial score (nSPS) is 19.0. The number of nitrogens with zero attached hydrogens (tertiary/aromatic N) is 2. The number of aliphatic hydroxyl groups is 1. The first-order valence-electron chi connectivity index (χ1n) is 10.4. The quantitative estimate of drug-likeness (QED) is 0.582. The first-order chi connectivity index (χ1) is 14.9. The molecule has 164 valence electrons. The minimum absolute atomic E-state index is 0.308. The zero-order chi connectivity index (χ0) is 22.0. The van der Waals surface area contributed by atoms with E-state index in [0.717, 1.165) is 40.4 Å². The van der Waals surface area contributed by atoms with Crippen LogP contribution in [0.3, 0.4) is 0 Å². The summed E-state index contributed by atoms with van der Waals surface area (Å²) < 4.78 is 17.1. The molecule has 31 heavy (non-hydrogen) atoms. The number of hydrogen-bond acceptors (Lipinski definition) is 6. The lowest BCUT2D eigenvalue weighted by Crippen LogP contribution is -2.30. The van der Waals surface area contributed by atoms with Crippen molar-refractivity contribution in [1.82, 2.24) is 10.1 Å². The van der Waals surface area contributed by atoms with E-state index in [1.165, 1.54) is 0 Å². The Labute approximate surface area is 187 Å². The van der Waals surface area contributed by atoms with Gasteiger partial charge in [-0.05, 0) is 56.2 Å². The molecule has 0 bridgehead atoms. The van der Waals surface area contributed by atoms with Gasteiger partial charge in [0.05, 0.1) is 16.3 Å². The SMILES string of the molecule is Cc1ccc(Cl)c(O[C@H]2CN(Cc3ccc(OCc4c(C)noc4C)cc3)C[C@@H]2O)c1. The number of benzene rings is 2. The number of hydrogen-bond donors (Lipinski definition) is 1. The van der Waals surface area contributed by atoms with Gasteiger partial charge in [0, 0.05) is 19.6 Å². The molecule has 1 fully saturated rings. The van der Waals surface area contributed by atoms with E-state index in [9.17, 15) is 5.11 Å². The molecule has 1 N–H and O–H groups in total. The first kappa shape index (κ1) is 21.7. The molecule has 3 aromatic rings. The summed E-state index contributed by atoms with van der Waals surface area (Å²) in [5.41, 5.74) is 4.05. The fourth-order valence-corrected chi connectivity index (χ4v) is 3.92. The highest BCUT2D eigenvalue weighted by atomic mass is 35.5. The molecule has 0 amide bonds. The number of aliphatic hydroxyl groups excluding tert-OH is 1. The Balaban J connectivity index is 1.31. The third-order valence-corrected chi connectivity index (χ3v) is 5.88. The summed E-state index contributed by atoms with van der Waals surface area (Å²) in [6.45, 7) is 8.13. The van der Waals surface area contributed by atoms with E-state index in [1.807, 2.05) is 63.2 Å². The zero-order valence-electron chi connectivity index (χ0n) is 18.0. The van der Waals surface area contributed by atoms with E-state index >= 15 is 0 Å². The fourth-order valence-electron chi connectivity index (χ4n) is 3.75. The van der Waals surface area contributed by atoms with Crippen molar-refractivity contribution in [3.8, 4) is 11.5 Å². The van der Waals surface area contributed by atoms with E-state index in [-0.39, 0.29) is 6.10 Å². The van der Waals surface area contributed by atoms with Gasteiger partial charge in [-0.3, -0.25) is 4.90 Å². The van der Waals surface area contributed by atoms with Crippen molar-refractivity contribution in [3.05, 3.63) is 75.6 Å². The predicted octanol–water partition coefficient (Wildman–Crippen LogP) is 4.46. The lowest BCUT2D eigenvalue weighted by Gasteiger charge is -2.18. The third-order valence-electron chi connectivity index (χ3n) is 5.57. The number of aromatic nitrogens is 1. The smallest absolute Gasteiger partial charge is 0.140 e. The summed E-state index contributed by atoms with van der Waals surface area (Å²) >= 11 is 6.24. The van der Waals surface area contributed by atoms with Gasteiger partial charge in [0.1, 0.15) is 36.1 Å². The second-order valence-electron chi connectivity index (χ2n) is 8.09. The molecule has 1 aliphatic rings. The molecular weight excluding hydrogens is 416 g/mol. The molecule has 1 aromatic heterocycles. The summed E-state index contributed by atoms with van der Waals surface area (Å²) in [6, 6.07) is 13.7. The van der Waals surface area contributed by atoms with Gasteiger partial charge in [0.15, 0.2) is 0 Å². The van der Waals surface area contributed by atoms with Crippen LogP contribution in [-0.2, 0) is 13.2 Å². The molecule has 0 saturated carbocycles. The van der Waals surface area contributed by atoms with Gasteiger partial charge < -0.3 is 19.1 Å². The van der Waals surface area contributed by atoms with Gasteiger partial charge in [-0.25, -0.2) is 0 Å². The number of β-amino-alcohol motifs (C(OH)–C–C–N with tert-alkyl or cyclic N) is 1. The second kappa shape index (κ2) is 9.30. The van der Waals surface area contributed by atoms with Gasteiger partial charge in [0.25, 0.3) is 0 Å². The molecule has 4 rings (SSSR count). The van der Waals surface area contributed by atoms with Crippen LogP contribution in [0, 0.1) is 20.8 Å². The third kappa shape index (κ3) is 5.21. The van der Waals surface area contributed by atoms with Gasteiger partial charge in [-0.1, -0.05) is 35.0 Å². The van der Waals surface area contributed by atoms with Crippen LogP contribution in [0.4, 0.5) is 0 Å². The molecule has 2 heterocycles. The maximum Gasteiger partial charge on any atom is 0.140 e. The lowest BCUT2D eigenvalue weighted by atomic mass is 10.2. The van der Waals surface area contributed by atoms with Crippen molar-refractivity contribution < 1.29 is 19.1 Å². The summed E-state index contributed by atoms with van der Waals surface area (Å²) in [6.07, 6.45) is -0.869. The Morgan fingerprint density at radius 2 is 1.90 bits per heavy atom. The monoisotopic (exact) mass is 442 g/mol. The first-order valence-corrected chi connectivity index (χ1v) is 10.7. The molecule has 6 nitrogen and oxygen atoms in total. The predicted molar refractivity (Wildman–Crippen MR) is 119 cm³/mol. The van der Waals surface area contributed by atoms with Crippen LogP contribution in [0.2, 0.25) is 5.02 Å². The lowest BCUT2D eigenvalue weighted by molar-refractivity contribution is 0.0737. The van der Waals surface area contributed by atoms with Crippen molar-refractivity contribution in [2.75, 3.05) is 13.1 Å². The molecular formula is C24H27ClN2O4. The summed E-state index contributed by atoms with van der Waals surface area (Å²) in [5.74, 6) is 2.19. The molecule has 0 radical (unpaired) electrons. The maximum atomic E-state index is 10.5. The van der Waals surface area contributed by atoms with Gasteiger partial charge >= 0.3 is 0 Å². The van der Waals surface area contributed by atoms with Gasteiger partial charge in [-0.2, -0.15) is 0 Å². The van der Waals surface area contributed by atoms with Crippen LogP contribution in [0.1, 0.15) is 28.1 Å². The molecule has 1 saturated heterocycles. The molecule has 1 aliphatic heterocycles. The van der Waals surface area contributed by atoms with Crippen molar-refractivity contribution in [2.45, 2.75) is 46.1 Å².